The summed E-state index contributed by atoms with van der Waals surface area (Å²) in [5, 5.41) is 4.88. The summed E-state index contributed by atoms with van der Waals surface area (Å²) < 4.78 is 22.9. The van der Waals surface area contributed by atoms with E-state index in [0.29, 0.717) is 12.5 Å². The van der Waals surface area contributed by atoms with Gasteiger partial charge in [-0.15, -0.1) is 0 Å². The topological polar surface area (TPSA) is 80.5 Å². The number of hydrogen-bond donors (Lipinski definition) is 1. The fourth-order valence-corrected chi connectivity index (χ4v) is 3.24. The molecule has 1 aromatic carbocycles. The summed E-state index contributed by atoms with van der Waals surface area (Å²) in [6.07, 6.45) is 2.23. The predicted octanol–water partition coefficient (Wildman–Crippen LogP) is 2.12. The highest BCUT2D eigenvalue weighted by molar-refractivity contribution is 7.89. The molecule has 2 N–H and O–H groups in total. The van der Waals surface area contributed by atoms with E-state index < -0.39 is 10.0 Å². The van der Waals surface area contributed by atoms with Crippen LogP contribution < -0.4 is 5.14 Å². The Hall–Kier alpha value is -0.820. The van der Waals surface area contributed by atoms with Gasteiger partial charge in [0.25, 0.3) is 5.91 Å². The van der Waals surface area contributed by atoms with Crippen LogP contribution in [0.5, 0.6) is 0 Å². The second-order valence-electron chi connectivity index (χ2n) is 4.94. The van der Waals surface area contributed by atoms with Gasteiger partial charge in [0.1, 0.15) is 4.90 Å². The van der Waals surface area contributed by atoms with Gasteiger partial charge in [-0.1, -0.05) is 23.2 Å². The molecule has 2 rings (SSSR count). The maximum absolute atomic E-state index is 12.2. The number of rotatable bonds is 4. The van der Waals surface area contributed by atoms with Gasteiger partial charge in [0.05, 0.1) is 10.0 Å². The molecular weight excluding hydrogens is 323 g/mol. The van der Waals surface area contributed by atoms with Crippen molar-refractivity contribution in [2.45, 2.75) is 17.7 Å². The van der Waals surface area contributed by atoms with E-state index >= 15 is 0 Å². The molecule has 0 atom stereocenters. The summed E-state index contributed by atoms with van der Waals surface area (Å²) in [5.74, 6) is 0.227. The molecule has 110 valence electrons. The van der Waals surface area contributed by atoms with E-state index in [1.807, 2.05) is 0 Å². The van der Waals surface area contributed by atoms with Crippen molar-refractivity contribution in [3.63, 3.8) is 0 Å². The molecule has 1 fully saturated rings. The molecule has 1 amide bonds. The molecular formula is C12H14Cl2N2O3S. The number of halogens is 2. The standard InChI is InChI=1S/C12H14Cl2N2O3S/c1-16(6-7-2-3-7)12(17)8-4-9(13)11(14)10(5-8)20(15,18)19/h4-5,7H,2-3,6H2,1H3,(H2,15,18,19). The summed E-state index contributed by atoms with van der Waals surface area (Å²) in [6, 6.07) is 2.51. The van der Waals surface area contributed by atoms with E-state index in [1.54, 1.807) is 11.9 Å². The summed E-state index contributed by atoms with van der Waals surface area (Å²) in [7, 11) is -2.37. The summed E-state index contributed by atoms with van der Waals surface area (Å²) in [5.41, 5.74) is 0.159. The number of nitrogens with two attached hydrogens (primary N) is 1. The number of carbonyl (C=O) groups is 1. The molecule has 0 unspecified atom stereocenters. The van der Waals surface area contributed by atoms with Gasteiger partial charge in [-0.2, -0.15) is 0 Å². The number of sulfonamides is 1. The van der Waals surface area contributed by atoms with Crippen LogP contribution in [0, 0.1) is 5.92 Å². The molecule has 1 saturated carbocycles. The highest BCUT2D eigenvalue weighted by Crippen LogP contribution is 2.32. The number of benzene rings is 1. The van der Waals surface area contributed by atoms with Crippen molar-refractivity contribution >= 4 is 39.1 Å². The molecule has 1 aliphatic carbocycles. The second-order valence-corrected chi connectivity index (χ2v) is 7.26. The third-order valence-electron chi connectivity index (χ3n) is 3.12. The Morgan fingerprint density at radius 1 is 1.40 bits per heavy atom. The van der Waals surface area contributed by atoms with E-state index in [-0.39, 0.29) is 26.4 Å². The summed E-state index contributed by atoms with van der Waals surface area (Å²) in [6.45, 7) is 0.643. The average molecular weight is 337 g/mol. The second kappa shape index (κ2) is 5.52. The minimum Gasteiger partial charge on any atom is -0.341 e. The number of primary sulfonamides is 1. The predicted molar refractivity (Wildman–Crippen MR) is 77.5 cm³/mol. The molecule has 8 heteroatoms. The maximum Gasteiger partial charge on any atom is 0.253 e. The monoisotopic (exact) mass is 336 g/mol. The molecule has 0 bridgehead atoms. The van der Waals surface area contributed by atoms with Crippen LogP contribution in [0.1, 0.15) is 23.2 Å². The number of amides is 1. The normalized spacial score (nSPS) is 15.2. The van der Waals surface area contributed by atoms with Gasteiger partial charge in [-0.25, -0.2) is 13.6 Å². The van der Waals surface area contributed by atoms with Crippen molar-refractivity contribution in [1.29, 1.82) is 0 Å². The van der Waals surface area contributed by atoms with Crippen LogP contribution in [0.3, 0.4) is 0 Å². The molecule has 0 spiro atoms. The minimum atomic E-state index is -4.04. The fourth-order valence-electron chi connectivity index (χ4n) is 1.89. The van der Waals surface area contributed by atoms with E-state index in [0.717, 1.165) is 18.9 Å². The highest BCUT2D eigenvalue weighted by atomic mass is 35.5. The largest absolute Gasteiger partial charge is 0.341 e. The van der Waals surface area contributed by atoms with Crippen molar-refractivity contribution in [3.05, 3.63) is 27.7 Å². The van der Waals surface area contributed by atoms with E-state index in [2.05, 4.69) is 0 Å². The lowest BCUT2D eigenvalue weighted by atomic mass is 10.2. The van der Waals surface area contributed by atoms with Gasteiger partial charge >= 0.3 is 0 Å². The minimum absolute atomic E-state index is 0.0126. The third-order valence-corrected chi connectivity index (χ3v) is 4.97. The van der Waals surface area contributed by atoms with Crippen LogP contribution in [0.25, 0.3) is 0 Å². The number of hydrogen-bond acceptors (Lipinski definition) is 3. The van der Waals surface area contributed by atoms with Crippen molar-refractivity contribution in [2.24, 2.45) is 11.1 Å². The zero-order valence-corrected chi connectivity index (χ0v) is 13.1. The molecule has 20 heavy (non-hydrogen) atoms. The molecule has 0 aromatic heterocycles. The highest BCUT2D eigenvalue weighted by Gasteiger charge is 2.26. The maximum atomic E-state index is 12.2. The first-order valence-corrected chi connectivity index (χ1v) is 8.27. The van der Waals surface area contributed by atoms with E-state index in [4.69, 9.17) is 28.3 Å². The zero-order valence-electron chi connectivity index (χ0n) is 10.8. The Morgan fingerprint density at radius 3 is 2.50 bits per heavy atom. The Kier molecular flexibility index (Phi) is 4.30. The molecule has 0 saturated heterocycles. The summed E-state index contributed by atoms with van der Waals surface area (Å²) in [4.78, 5) is 13.4. The van der Waals surface area contributed by atoms with Crippen LogP contribution in [0.2, 0.25) is 10.0 Å². The quantitative estimate of drug-likeness (QED) is 0.914. The first-order chi connectivity index (χ1) is 9.20. The average Bonchev–Trinajstić information content (AvgIpc) is 3.13. The Bertz CT molecular complexity index is 657. The van der Waals surface area contributed by atoms with Crippen LogP contribution in [-0.4, -0.2) is 32.8 Å². The van der Waals surface area contributed by atoms with Crippen molar-refractivity contribution in [1.82, 2.24) is 4.90 Å². The van der Waals surface area contributed by atoms with Crippen molar-refractivity contribution in [2.75, 3.05) is 13.6 Å². The van der Waals surface area contributed by atoms with Crippen molar-refractivity contribution < 1.29 is 13.2 Å². The third kappa shape index (κ3) is 3.44. The molecule has 0 aliphatic heterocycles. The van der Waals surface area contributed by atoms with Gasteiger partial charge in [0.15, 0.2) is 0 Å². The van der Waals surface area contributed by atoms with Crippen LogP contribution in [0.4, 0.5) is 0 Å². The lowest BCUT2D eigenvalue weighted by Crippen LogP contribution is -2.29. The van der Waals surface area contributed by atoms with Gasteiger partial charge in [0, 0.05) is 19.2 Å². The zero-order chi connectivity index (χ0) is 15.1. The van der Waals surface area contributed by atoms with Crippen molar-refractivity contribution in [3.8, 4) is 0 Å². The van der Waals surface area contributed by atoms with E-state index in [1.165, 1.54) is 6.07 Å². The van der Waals surface area contributed by atoms with Gasteiger partial charge in [0.2, 0.25) is 10.0 Å². The number of carbonyl (C=O) groups excluding carboxylic acids is 1. The van der Waals surface area contributed by atoms with Gasteiger partial charge < -0.3 is 4.90 Å². The first-order valence-electron chi connectivity index (χ1n) is 5.97. The van der Waals surface area contributed by atoms with Crippen LogP contribution in [0.15, 0.2) is 17.0 Å². The molecule has 1 aliphatic rings. The van der Waals surface area contributed by atoms with Crippen LogP contribution in [-0.2, 0) is 10.0 Å². The lowest BCUT2D eigenvalue weighted by molar-refractivity contribution is 0.0788. The SMILES string of the molecule is CN(CC1CC1)C(=O)c1cc(Cl)c(Cl)c(S(N)(=O)=O)c1. The first kappa shape index (κ1) is 15.6. The smallest absolute Gasteiger partial charge is 0.253 e. The molecule has 0 radical (unpaired) electrons. The molecule has 5 nitrogen and oxygen atoms in total. The molecule has 0 heterocycles. The van der Waals surface area contributed by atoms with E-state index in [9.17, 15) is 13.2 Å². The van der Waals surface area contributed by atoms with Crippen LogP contribution >= 0.6 is 23.2 Å². The Labute approximate surface area is 127 Å². The fraction of sp³-hybridized carbons (Fsp3) is 0.417. The Balaban J connectivity index is 2.36. The molecule has 1 aromatic rings. The Morgan fingerprint density at radius 2 is 2.00 bits per heavy atom. The van der Waals surface area contributed by atoms with Gasteiger partial charge in [-0.05, 0) is 30.9 Å². The number of nitrogens with zero attached hydrogens (tertiary/aromatic N) is 1. The summed E-state index contributed by atoms with van der Waals surface area (Å²) >= 11 is 11.7. The lowest BCUT2D eigenvalue weighted by Gasteiger charge is -2.17. The van der Waals surface area contributed by atoms with Gasteiger partial charge in [-0.3, -0.25) is 4.79 Å².